The summed E-state index contributed by atoms with van der Waals surface area (Å²) in [7, 11) is 0. The van der Waals surface area contributed by atoms with Gasteiger partial charge in [0.05, 0.1) is 10.5 Å². The summed E-state index contributed by atoms with van der Waals surface area (Å²) in [4.78, 5) is 48.4. The van der Waals surface area contributed by atoms with Crippen molar-refractivity contribution in [2.45, 2.75) is 25.7 Å². The fourth-order valence-corrected chi connectivity index (χ4v) is 3.59. The molecule has 1 N–H and O–H groups in total. The molecule has 3 amide bonds. The van der Waals surface area contributed by atoms with Gasteiger partial charge in [-0.25, -0.2) is 0 Å². The number of anilines is 1. The Morgan fingerprint density at radius 2 is 1.83 bits per heavy atom. The molecule has 0 fully saturated rings. The topological polar surface area (TPSA) is 110 Å². The number of hydrogen-bond acceptors (Lipinski definition) is 5. The van der Waals surface area contributed by atoms with Crippen molar-refractivity contribution in [1.82, 2.24) is 4.90 Å². The molecule has 2 aromatic rings. The number of nitro groups is 1. The second kappa shape index (κ2) is 8.95. The fourth-order valence-electron chi connectivity index (χ4n) is 3.19. The molecule has 0 unspecified atom stereocenters. The van der Waals surface area contributed by atoms with Crippen LogP contribution in [-0.4, -0.2) is 34.1 Å². The number of rotatable bonds is 8. The summed E-state index contributed by atoms with van der Waals surface area (Å²) in [6.45, 7) is 0.163. The second-order valence-electron chi connectivity index (χ2n) is 6.59. The van der Waals surface area contributed by atoms with E-state index in [2.05, 4.69) is 21.2 Å². The maximum atomic E-state index is 12.5. The van der Waals surface area contributed by atoms with Crippen molar-refractivity contribution < 1.29 is 19.3 Å². The molecule has 1 heterocycles. The third-order valence-corrected chi connectivity index (χ3v) is 5.06. The number of imide groups is 1. The van der Waals surface area contributed by atoms with E-state index < -0.39 is 16.7 Å². The maximum Gasteiger partial charge on any atom is 0.282 e. The van der Waals surface area contributed by atoms with Crippen LogP contribution < -0.4 is 5.32 Å². The predicted molar refractivity (Wildman–Crippen MR) is 110 cm³/mol. The van der Waals surface area contributed by atoms with Crippen molar-refractivity contribution in [3.05, 3.63) is 68.2 Å². The van der Waals surface area contributed by atoms with Gasteiger partial charge in [0.15, 0.2) is 0 Å². The lowest BCUT2D eigenvalue weighted by molar-refractivity contribution is -0.385. The van der Waals surface area contributed by atoms with Gasteiger partial charge in [0.25, 0.3) is 17.5 Å². The van der Waals surface area contributed by atoms with Crippen LogP contribution in [0.1, 0.15) is 46.4 Å². The van der Waals surface area contributed by atoms with E-state index in [0.29, 0.717) is 31.4 Å². The number of carbonyl (C=O) groups excluding carboxylic acids is 3. The summed E-state index contributed by atoms with van der Waals surface area (Å²) in [5.74, 6) is -1.26. The molecule has 0 aromatic heterocycles. The molecule has 29 heavy (non-hydrogen) atoms. The summed E-state index contributed by atoms with van der Waals surface area (Å²) < 4.78 is 0.872. The number of hydrogen-bond donors (Lipinski definition) is 1. The predicted octanol–water partition coefficient (Wildman–Crippen LogP) is 4.15. The molecule has 150 valence electrons. The van der Waals surface area contributed by atoms with Crippen molar-refractivity contribution >= 4 is 45.0 Å². The summed E-state index contributed by atoms with van der Waals surface area (Å²) in [5.41, 5.74) is 0.276. The Labute approximate surface area is 175 Å². The molecular weight excluding hydrogens is 442 g/mol. The van der Waals surface area contributed by atoms with E-state index in [1.165, 1.54) is 18.2 Å². The van der Waals surface area contributed by atoms with Gasteiger partial charge in [-0.05, 0) is 37.1 Å². The van der Waals surface area contributed by atoms with Gasteiger partial charge in [-0.3, -0.25) is 29.4 Å². The number of nitrogens with one attached hydrogen (secondary N) is 1. The Hall–Kier alpha value is -3.07. The number of nitrogens with zero attached hydrogens (tertiary/aromatic N) is 2. The third kappa shape index (κ3) is 4.68. The monoisotopic (exact) mass is 459 g/mol. The van der Waals surface area contributed by atoms with Gasteiger partial charge >= 0.3 is 0 Å². The van der Waals surface area contributed by atoms with Crippen LogP contribution in [0.25, 0.3) is 0 Å². The number of benzene rings is 2. The lowest BCUT2D eigenvalue weighted by atomic mass is 10.1. The molecule has 2 aromatic carbocycles. The van der Waals surface area contributed by atoms with Gasteiger partial charge in [-0.15, -0.1) is 0 Å². The minimum atomic E-state index is -0.655. The van der Waals surface area contributed by atoms with Crippen LogP contribution in [0, 0.1) is 10.1 Å². The number of carbonyl (C=O) groups is 3. The second-order valence-corrected chi connectivity index (χ2v) is 7.50. The Bertz CT molecular complexity index is 992. The molecule has 1 aliphatic heterocycles. The molecule has 0 atom stereocenters. The quantitative estimate of drug-likeness (QED) is 0.276. The number of fused-ring (bicyclic) bond motifs is 1. The summed E-state index contributed by atoms with van der Waals surface area (Å²) in [5, 5.41) is 13.9. The summed E-state index contributed by atoms with van der Waals surface area (Å²) in [6.07, 6.45) is 2.08. The molecule has 3 rings (SSSR count). The SMILES string of the molecule is O=C(CCCCCN1C(=O)c2cccc([N+](=O)[O-])c2C1=O)Nc1cccc(Br)c1. The molecular formula is C20H18BrN3O5. The van der Waals surface area contributed by atoms with Gasteiger partial charge in [0.1, 0.15) is 5.56 Å². The molecule has 0 aliphatic carbocycles. The van der Waals surface area contributed by atoms with E-state index >= 15 is 0 Å². The number of unbranched alkanes of at least 4 members (excludes halogenated alkanes) is 2. The van der Waals surface area contributed by atoms with E-state index in [1.54, 1.807) is 12.1 Å². The number of halogens is 1. The van der Waals surface area contributed by atoms with Crippen LogP contribution in [0.15, 0.2) is 46.9 Å². The average Bonchev–Trinajstić information content (AvgIpc) is 2.92. The van der Waals surface area contributed by atoms with Crippen molar-refractivity contribution in [3.63, 3.8) is 0 Å². The Balaban J connectivity index is 1.47. The van der Waals surface area contributed by atoms with Gasteiger partial charge in [-0.1, -0.05) is 34.5 Å². The molecule has 8 nitrogen and oxygen atoms in total. The normalized spacial score (nSPS) is 12.8. The molecule has 0 saturated heterocycles. The van der Waals surface area contributed by atoms with Crippen LogP contribution in [0.3, 0.4) is 0 Å². The highest BCUT2D eigenvalue weighted by molar-refractivity contribution is 9.10. The average molecular weight is 460 g/mol. The minimum absolute atomic E-state index is 0.0672. The Morgan fingerprint density at radius 3 is 2.55 bits per heavy atom. The van der Waals surface area contributed by atoms with Gasteiger partial charge in [0.2, 0.25) is 5.91 Å². The van der Waals surface area contributed by atoms with Crippen LogP contribution in [0.5, 0.6) is 0 Å². The van der Waals surface area contributed by atoms with E-state index in [9.17, 15) is 24.5 Å². The number of amides is 3. The highest BCUT2D eigenvalue weighted by Gasteiger charge is 2.40. The zero-order valence-corrected chi connectivity index (χ0v) is 17.0. The first-order valence-corrected chi connectivity index (χ1v) is 9.87. The first-order valence-electron chi connectivity index (χ1n) is 9.07. The smallest absolute Gasteiger partial charge is 0.282 e. The van der Waals surface area contributed by atoms with Crippen LogP contribution in [0.2, 0.25) is 0 Å². The van der Waals surface area contributed by atoms with Crippen molar-refractivity contribution in [1.29, 1.82) is 0 Å². The van der Waals surface area contributed by atoms with Crippen LogP contribution in [0.4, 0.5) is 11.4 Å². The summed E-state index contributed by atoms with van der Waals surface area (Å²) >= 11 is 3.34. The molecule has 0 saturated carbocycles. The Kier molecular flexibility index (Phi) is 6.38. The lowest BCUT2D eigenvalue weighted by Gasteiger charge is -2.13. The zero-order valence-electron chi connectivity index (χ0n) is 15.4. The largest absolute Gasteiger partial charge is 0.326 e. The molecule has 1 aliphatic rings. The maximum absolute atomic E-state index is 12.5. The fraction of sp³-hybridized carbons (Fsp3) is 0.250. The van der Waals surface area contributed by atoms with Crippen molar-refractivity contribution in [2.75, 3.05) is 11.9 Å². The van der Waals surface area contributed by atoms with E-state index in [4.69, 9.17) is 0 Å². The van der Waals surface area contributed by atoms with Crippen molar-refractivity contribution in [3.8, 4) is 0 Å². The summed E-state index contributed by atoms with van der Waals surface area (Å²) in [6, 6.07) is 11.3. The van der Waals surface area contributed by atoms with E-state index in [0.717, 1.165) is 9.37 Å². The first kappa shape index (κ1) is 20.7. The Morgan fingerprint density at radius 1 is 1.07 bits per heavy atom. The highest BCUT2D eigenvalue weighted by Crippen LogP contribution is 2.30. The molecule has 0 spiro atoms. The van der Waals surface area contributed by atoms with Crippen molar-refractivity contribution in [2.24, 2.45) is 0 Å². The lowest BCUT2D eigenvalue weighted by Crippen LogP contribution is -2.30. The third-order valence-electron chi connectivity index (χ3n) is 4.57. The molecule has 0 bridgehead atoms. The first-order chi connectivity index (χ1) is 13.9. The zero-order chi connectivity index (χ0) is 21.0. The minimum Gasteiger partial charge on any atom is -0.326 e. The van der Waals surface area contributed by atoms with E-state index in [-0.39, 0.29) is 29.3 Å². The van der Waals surface area contributed by atoms with Crippen LogP contribution >= 0.6 is 15.9 Å². The van der Waals surface area contributed by atoms with E-state index in [1.807, 2.05) is 12.1 Å². The van der Waals surface area contributed by atoms with Gasteiger partial charge < -0.3 is 5.32 Å². The van der Waals surface area contributed by atoms with Gasteiger partial charge in [0, 0.05) is 29.2 Å². The number of nitro benzene ring substituents is 1. The van der Waals surface area contributed by atoms with Gasteiger partial charge in [-0.2, -0.15) is 0 Å². The molecule has 0 radical (unpaired) electrons. The standard InChI is InChI=1S/C20H18BrN3O5/c21-13-6-4-7-14(12-13)22-17(25)10-2-1-3-11-23-19(26)15-8-5-9-16(24(28)29)18(15)20(23)27/h4-9,12H,1-3,10-11H2,(H,22,25). The van der Waals surface area contributed by atoms with Crippen LogP contribution in [-0.2, 0) is 4.79 Å². The highest BCUT2D eigenvalue weighted by atomic mass is 79.9. The molecule has 9 heteroatoms.